The highest BCUT2D eigenvalue weighted by atomic mass is 16.3. The molecule has 0 bridgehead atoms. The summed E-state index contributed by atoms with van der Waals surface area (Å²) in [6.45, 7) is 11.1. The predicted molar refractivity (Wildman–Crippen MR) is 110 cm³/mol. The Bertz CT molecular complexity index is 709. The maximum atomic E-state index is 10.7. The summed E-state index contributed by atoms with van der Waals surface area (Å²) >= 11 is 0. The predicted octanol–water partition coefficient (Wildman–Crippen LogP) is 6.67. The zero-order valence-corrected chi connectivity index (χ0v) is 17.0. The molecule has 0 atom stereocenters. The molecule has 2 rings (SSSR count). The minimum atomic E-state index is -0.200. The summed E-state index contributed by atoms with van der Waals surface area (Å²) in [5.74, 6) is 0.696. The van der Waals surface area contributed by atoms with E-state index in [1.807, 2.05) is 24.3 Å². The van der Waals surface area contributed by atoms with Gasteiger partial charge in [-0.2, -0.15) is 0 Å². The lowest BCUT2D eigenvalue weighted by Gasteiger charge is -2.35. The highest BCUT2D eigenvalue weighted by Crippen LogP contribution is 2.44. The third-order valence-electron chi connectivity index (χ3n) is 6.24. The second-order valence-corrected chi connectivity index (χ2v) is 7.99. The fraction of sp³-hybridized carbons (Fsp3) is 0.500. The van der Waals surface area contributed by atoms with Crippen LogP contribution in [0.4, 0.5) is 0 Å². The molecular weight excluding hydrogens is 320 g/mol. The first-order valence-electron chi connectivity index (χ1n) is 9.94. The summed E-state index contributed by atoms with van der Waals surface area (Å²) in [5, 5.41) is 20.3. The number of benzene rings is 2. The zero-order chi connectivity index (χ0) is 19.4. The first-order chi connectivity index (χ1) is 12.3. The first kappa shape index (κ1) is 20.4. The molecule has 2 N–H and O–H groups in total. The van der Waals surface area contributed by atoms with Crippen molar-refractivity contribution in [2.75, 3.05) is 0 Å². The Labute approximate surface area is 158 Å². The molecule has 0 amide bonds. The maximum Gasteiger partial charge on any atom is 0.119 e. The number of hydrogen-bond donors (Lipinski definition) is 2. The van der Waals surface area contributed by atoms with Gasteiger partial charge in [0.25, 0.3) is 0 Å². The molecule has 0 unspecified atom stereocenters. The lowest BCUT2D eigenvalue weighted by atomic mass is 9.69. The normalized spacial score (nSPS) is 12.3. The van der Waals surface area contributed by atoms with Crippen LogP contribution in [0.25, 0.3) is 0 Å². The molecule has 0 spiro atoms. The molecule has 0 saturated heterocycles. The van der Waals surface area contributed by atoms with Crippen LogP contribution in [-0.2, 0) is 10.8 Å². The van der Waals surface area contributed by atoms with E-state index in [0.717, 1.165) is 30.4 Å². The van der Waals surface area contributed by atoms with E-state index in [9.17, 15) is 10.2 Å². The molecule has 0 radical (unpaired) electrons. The van der Waals surface area contributed by atoms with Gasteiger partial charge in [-0.25, -0.2) is 0 Å². The van der Waals surface area contributed by atoms with Gasteiger partial charge in [0.05, 0.1) is 0 Å². The molecule has 2 aromatic carbocycles. The van der Waals surface area contributed by atoms with Crippen molar-refractivity contribution in [1.29, 1.82) is 0 Å². The van der Waals surface area contributed by atoms with Crippen LogP contribution in [0.5, 0.6) is 11.5 Å². The van der Waals surface area contributed by atoms with E-state index in [1.54, 1.807) is 12.1 Å². The summed E-state index contributed by atoms with van der Waals surface area (Å²) in [4.78, 5) is 0. The van der Waals surface area contributed by atoms with E-state index in [0.29, 0.717) is 5.75 Å². The molecule has 142 valence electrons. The Balaban J connectivity index is 2.53. The van der Waals surface area contributed by atoms with Gasteiger partial charge in [0, 0.05) is 11.0 Å². The summed E-state index contributed by atoms with van der Waals surface area (Å²) in [7, 11) is 0. The number of aromatic hydroxyl groups is 2. The van der Waals surface area contributed by atoms with Crippen LogP contribution in [0.15, 0.2) is 42.5 Å². The molecule has 26 heavy (non-hydrogen) atoms. The number of unbranched alkanes of at least 4 members (excludes halogenated alkanes) is 1. The van der Waals surface area contributed by atoms with Gasteiger partial charge in [0.15, 0.2) is 0 Å². The van der Waals surface area contributed by atoms with E-state index < -0.39 is 0 Å². The summed E-state index contributed by atoms with van der Waals surface area (Å²) in [6.07, 6.45) is 5.50. The van der Waals surface area contributed by atoms with Gasteiger partial charge in [-0.05, 0) is 54.0 Å². The summed E-state index contributed by atoms with van der Waals surface area (Å²) < 4.78 is 0. The van der Waals surface area contributed by atoms with Crippen LogP contribution < -0.4 is 0 Å². The number of phenolic OH excluding ortho intramolecular Hbond substituents is 2. The largest absolute Gasteiger partial charge is 0.508 e. The Morgan fingerprint density at radius 3 is 1.92 bits per heavy atom. The molecule has 2 nitrogen and oxygen atoms in total. The maximum absolute atomic E-state index is 10.7. The van der Waals surface area contributed by atoms with Crippen LogP contribution in [0, 0.1) is 0 Å². The number of phenols is 2. The Morgan fingerprint density at radius 2 is 1.38 bits per heavy atom. The van der Waals surface area contributed by atoms with Crippen LogP contribution in [0.1, 0.15) is 83.4 Å². The lowest BCUT2D eigenvalue weighted by molar-refractivity contribution is 0.335. The second-order valence-electron chi connectivity index (χ2n) is 7.99. The van der Waals surface area contributed by atoms with Crippen LogP contribution in [-0.4, -0.2) is 10.2 Å². The van der Waals surface area contributed by atoms with E-state index in [-0.39, 0.29) is 16.6 Å². The van der Waals surface area contributed by atoms with Gasteiger partial charge in [-0.3, -0.25) is 0 Å². The van der Waals surface area contributed by atoms with Crippen molar-refractivity contribution in [3.63, 3.8) is 0 Å². The fourth-order valence-electron chi connectivity index (χ4n) is 4.03. The van der Waals surface area contributed by atoms with Gasteiger partial charge in [0.2, 0.25) is 0 Å². The van der Waals surface area contributed by atoms with E-state index in [2.05, 4.69) is 40.7 Å². The van der Waals surface area contributed by atoms with Gasteiger partial charge in [-0.15, -0.1) is 0 Å². The Hall–Kier alpha value is -1.96. The topological polar surface area (TPSA) is 40.5 Å². The molecule has 2 aromatic rings. The minimum Gasteiger partial charge on any atom is -0.508 e. The first-order valence-corrected chi connectivity index (χ1v) is 9.94. The van der Waals surface area contributed by atoms with Gasteiger partial charge in [0.1, 0.15) is 11.5 Å². The molecule has 0 aliphatic heterocycles. The van der Waals surface area contributed by atoms with Gasteiger partial charge < -0.3 is 10.2 Å². The average molecular weight is 355 g/mol. The molecule has 0 aliphatic rings. The van der Waals surface area contributed by atoms with Crippen LogP contribution >= 0.6 is 0 Å². The van der Waals surface area contributed by atoms with Crippen molar-refractivity contribution in [2.24, 2.45) is 0 Å². The zero-order valence-electron chi connectivity index (χ0n) is 17.0. The molecule has 0 heterocycles. The SMILES string of the molecule is CCCCC(CC)(CC)c1cc(C(C)(C)c2ccc(O)cc2)ccc1O. The van der Waals surface area contributed by atoms with Crippen molar-refractivity contribution in [3.05, 3.63) is 59.2 Å². The van der Waals surface area contributed by atoms with Crippen molar-refractivity contribution >= 4 is 0 Å². The van der Waals surface area contributed by atoms with Crippen LogP contribution in [0.3, 0.4) is 0 Å². The highest BCUT2D eigenvalue weighted by molar-refractivity contribution is 5.47. The smallest absolute Gasteiger partial charge is 0.119 e. The van der Waals surface area contributed by atoms with E-state index >= 15 is 0 Å². The van der Waals surface area contributed by atoms with Crippen LogP contribution in [0.2, 0.25) is 0 Å². The summed E-state index contributed by atoms with van der Waals surface area (Å²) in [6, 6.07) is 13.5. The molecule has 0 aliphatic carbocycles. The fourth-order valence-corrected chi connectivity index (χ4v) is 4.03. The molecule has 0 saturated carbocycles. The molecule has 2 heteroatoms. The lowest BCUT2D eigenvalue weighted by Crippen LogP contribution is -2.26. The summed E-state index contributed by atoms with van der Waals surface area (Å²) in [5.41, 5.74) is 3.26. The molecule has 0 fully saturated rings. The van der Waals surface area contributed by atoms with Gasteiger partial charge in [-0.1, -0.05) is 71.7 Å². The highest BCUT2D eigenvalue weighted by Gasteiger charge is 2.32. The standard InChI is InChI=1S/C24H34O2/c1-6-9-16-24(7-2,8-3)21-17-19(12-15-22(21)26)23(4,5)18-10-13-20(25)14-11-18/h10-15,17,25-26H,6-9,16H2,1-5H3. The number of rotatable bonds is 8. The van der Waals surface area contributed by atoms with Crippen molar-refractivity contribution in [2.45, 2.75) is 77.6 Å². The average Bonchev–Trinajstić information content (AvgIpc) is 2.64. The monoisotopic (exact) mass is 354 g/mol. The number of hydrogen-bond acceptors (Lipinski definition) is 2. The second kappa shape index (κ2) is 8.16. The third kappa shape index (κ3) is 3.90. The van der Waals surface area contributed by atoms with Crippen molar-refractivity contribution < 1.29 is 10.2 Å². The molecule has 0 aromatic heterocycles. The molecular formula is C24H34O2. The Morgan fingerprint density at radius 1 is 0.808 bits per heavy atom. The minimum absolute atomic E-state index is 0.0289. The quantitative estimate of drug-likeness (QED) is 0.555. The van der Waals surface area contributed by atoms with E-state index in [1.165, 1.54) is 18.4 Å². The third-order valence-corrected chi connectivity index (χ3v) is 6.24. The van der Waals surface area contributed by atoms with Gasteiger partial charge >= 0.3 is 0 Å². The van der Waals surface area contributed by atoms with Crippen molar-refractivity contribution in [1.82, 2.24) is 0 Å². The Kier molecular flexibility index (Phi) is 6.39. The van der Waals surface area contributed by atoms with E-state index in [4.69, 9.17) is 0 Å². The van der Waals surface area contributed by atoms with Crippen molar-refractivity contribution in [3.8, 4) is 11.5 Å².